The van der Waals surface area contributed by atoms with E-state index in [1.54, 1.807) is 0 Å². The van der Waals surface area contributed by atoms with Crippen molar-refractivity contribution in [2.45, 2.75) is 21.7 Å². The van der Waals surface area contributed by atoms with Crippen molar-refractivity contribution in [3.05, 3.63) is 22.8 Å². The minimum atomic E-state index is -1.98. The molecule has 1 rings (SSSR count). The number of pyridine rings is 1. The van der Waals surface area contributed by atoms with Crippen LogP contribution in [0.3, 0.4) is 0 Å². The Labute approximate surface area is 83.0 Å². The first-order valence-electron chi connectivity index (χ1n) is 4.04. The zero-order valence-corrected chi connectivity index (χ0v) is 11.6. The van der Waals surface area contributed by atoms with Crippen LogP contribution in [0.15, 0.2) is 12.3 Å². The molecule has 0 unspecified atom stereocenters. The molecule has 0 spiro atoms. The van der Waals surface area contributed by atoms with Crippen LogP contribution in [0.25, 0.3) is 0 Å². The van der Waals surface area contributed by atoms with Crippen molar-refractivity contribution in [3.63, 3.8) is 0 Å². The molecule has 1 aromatic heterocycles. The second-order valence-electron chi connectivity index (χ2n) is 4.07. The normalized spacial score (nSPS) is 11.8. The molecule has 3 heteroatoms. The fraction of sp³-hybridized carbons (Fsp3) is 0.444. The number of halogens is 1. The van der Waals surface area contributed by atoms with Crippen molar-refractivity contribution in [2.24, 2.45) is 0 Å². The Hall–Kier alpha value is 0.239. The van der Waals surface area contributed by atoms with Crippen LogP contribution in [0.2, 0.25) is 19.8 Å². The van der Waals surface area contributed by atoms with E-state index in [-0.39, 0.29) is 0 Å². The van der Waals surface area contributed by atoms with Gasteiger partial charge >= 0.3 is 83.3 Å². The van der Waals surface area contributed by atoms with Crippen LogP contribution in [0.4, 0.5) is 0 Å². The van der Waals surface area contributed by atoms with Gasteiger partial charge in [0.25, 0.3) is 0 Å². The molecule has 1 aromatic rings. The van der Waals surface area contributed by atoms with Crippen molar-refractivity contribution < 1.29 is 0 Å². The molecule has 0 aromatic carbocycles. The van der Waals surface area contributed by atoms with E-state index in [1.165, 1.54) is 3.71 Å². The number of rotatable bonds is 1. The number of aryl methyl sites for hydroxylation is 1. The first-order chi connectivity index (χ1) is 5.41. The fourth-order valence-electron chi connectivity index (χ4n) is 0.909. The molecular weight excluding hydrogens is 276 g/mol. The summed E-state index contributed by atoms with van der Waals surface area (Å²) in [5, 5.41) is 0.853. The SMILES string of the molecule is Cc1cn[c]([Sn]([CH3])([CH3])[CH3])cc1Cl. The second-order valence-corrected chi connectivity index (χ2v) is 18.8. The third-order valence-corrected chi connectivity index (χ3v) is 7.38. The number of hydrogen-bond acceptors (Lipinski definition) is 1. The summed E-state index contributed by atoms with van der Waals surface area (Å²) in [4.78, 5) is 11.4. The van der Waals surface area contributed by atoms with E-state index in [4.69, 9.17) is 11.6 Å². The Morgan fingerprint density at radius 3 is 2.33 bits per heavy atom. The van der Waals surface area contributed by atoms with Crippen molar-refractivity contribution in [1.29, 1.82) is 0 Å². The Morgan fingerprint density at radius 2 is 1.92 bits per heavy atom. The summed E-state index contributed by atoms with van der Waals surface area (Å²) >= 11 is 4.03. The van der Waals surface area contributed by atoms with Gasteiger partial charge in [0.15, 0.2) is 0 Å². The Morgan fingerprint density at radius 1 is 1.33 bits per heavy atom. The summed E-state index contributed by atoms with van der Waals surface area (Å²) in [7, 11) is 0. The van der Waals surface area contributed by atoms with Crippen LogP contribution < -0.4 is 3.71 Å². The predicted octanol–water partition coefficient (Wildman–Crippen LogP) is 2.59. The molecule has 66 valence electrons. The van der Waals surface area contributed by atoms with Gasteiger partial charge in [0, 0.05) is 0 Å². The molecule has 0 radical (unpaired) electrons. The van der Waals surface area contributed by atoms with Gasteiger partial charge in [-0.3, -0.25) is 0 Å². The molecular formula is C9H14ClNSn. The van der Waals surface area contributed by atoms with E-state index in [0.29, 0.717) is 0 Å². The van der Waals surface area contributed by atoms with Gasteiger partial charge in [0.2, 0.25) is 0 Å². The van der Waals surface area contributed by atoms with Crippen LogP contribution >= 0.6 is 11.6 Å². The molecule has 0 fully saturated rings. The Kier molecular flexibility index (Phi) is 3.05. The molecule has 0 aliphatic rings. The number of hydrogen-bond donors (Lipinski definition) is 0. The molecule has 0 saturated heterocycles. The van der Waals surface area contributed by atoms with Crippen molar-refractivity contribution in [2.75, 3.05) is 0 Å². The number of aromatic nitrogens is 1. The van der Waals surface area contributed by atoms with Crippen LogP contribution in [-0.2, 0) is 0 Å². The number of nitrogens with zero attached hydrogens (tertiary/aromatic N) is 1. The summed E-state index contributed by atoms with van der Waals surface area (Å²) in [6, 6.07) is 2.03. The van der Waals surface area contributed by atoms with Gasteiger partial charge in [0.05, 0.1) is 0 Å². The predicted molar refractivity (Wildman–Crippen MR) is 57.0 cm³/mol. The molecule has 1 nitrogen and oxygen atoms in total. The summed E-state index contributed by atoms with van der Waals surface area (Å²) in [6.45, 7) is 1.98. The second kappa shape index (κ2) is 3.54. The zero-order chi connectivity index (χ0) is 9.35. The van der Waals surface area contributed by atoms with Crippen molar-refractivity contribution in [1.82, 2.24) is 4.98 Å². The first kappa shape index (κ1) is 10.3. The van der Waals surface area contributed by atoms with Gasteiger partial charge in [-0.1, -0.05) is 0 Å². The summed E-state index contributed by atoms with van der Waals surface area (Å²) in [5.41, 5.74) is 1.07. The van der Waals surface area contributed by atoms with Crippen molar-refractivity contribution in [3.8, 4) is 0 Å². The Balaban J connectivity index is 3.14. The standard InChI is InChI=1S/C6H5ClN.3CH3.Sn/c1-5-4-8-3-2-6(5)7;;;;/h2,4H,1H3;3*1H3;. The molecule has 0 N–H and O–H groups in total. The van der Waals surface area contributed by atoms with Crippen LogP contribution in [0.1, 0.15) is 5.56 Å². The molecule has 12 heavy (non-hydrogen) atoms. The summed E-state index contributed by atoms with van der Waals surface area (Å²) < 4.78 is 1.25. The van der Waals surface area contributed by atoms with Crippen LogP contribution in [0.5, 0.6) is 0 Å². The zero-order valence-electron chi connectivity index (χ0n) is 7.98. The molecule has 0 atom stereocenters. The monoisotopic (exact) mass is 291 g/mol. The molecule has 0 aliphatic heterocycles. The molecule has 0 aliphatic carbocycles. The quantitative estimate of drug-likeness (QED) is 0.725. The summed E-state index contributed by atoms with van der Waals surface area (Å²) in [5.74, 6) is 0. The van der Waals surface area contributed by atoms with Crippen LogP contribution in [0, 0.1) is 6.92 Å². The van der Waals surface area contributed by atoms with E-state index in [0.717, 1.165) is 10.6 Å². The topological polar surface area (TPSA) is 12.9 Å². The minimum absolute atomic E-state index is 0.853. The van der Waals surface area contributed by atoms with Gasteiger partial charge in [-0.15, -0.1) is 0 Å². The Bertz CT molecular complexity index is 291. The third kappa shape index (κ3) is 2.36. The fourth-order valence-corrected chi connectivity index (χ4v) is 4.26. The maximum absolute atomic E-state index is 6.01. The van der Waals surface area contributed by atoms with Gasteiger partial charge in [-0.25, -0.2) is 0 Å². The molecule has 1 heterocycles. The van der Waals surface area contributed by atoms with Gasteiger partial charge < -0.3 is 0 Å². The van der Waals surface area contributed by atoms with Gasteiger partial charge in [-0.05, 0) is 0 Å². The maximum atomic E-state index is 6.01. The van der Waals surface area contributed by atoms with Gasteiger partial charge in [0.1, 0.15) is 0 Å². The van der Waals surface area contributed by atoms with E-state index in [2.05, 4.69) is 19.8 Å². The van der Waals surface area contributed by atoms with Crippen LogP contribution in [-0.4, -0.2) is 23.4 Å². The van der Waals surface area contributed by atoms with E-state index in [9.17, 15) is 0 Å². The van der Waals surface area contributed by atoms with E-state index >= 15 is 0 Å². The van der Waals surface area contributed by atoms with E-state index in [1.807, 2.05) is 19.2 Å². The molecule has 0 saturated carbocycles. The molecule has 0 amide bonds. The van der Waals surface area contributed by atoms with Gasteiger partial charge in [-0.2, -0.15) is 0 Å². The van der Waals surface area contributed by atoms with Crippen molar-refractivity contribution >= 4 is 33.7 Å². The third-order valence-electron chi connectivity index (χ3n) is 1.81. The summed E-state index contributed by atoms with van der Waals surface area (Å²) in [6.07, 6.45) is 1.87. The van der Waals surface area contributed by atoms with E-state index < -0.39 is 18.4 Å². The average molecular weight is 290 g/mol. The first-order valence-corrected chi connectivity index (χ1v) is 14.4. The molecule has 0 bridgehead atoms. The average Bonchev–Trinajstić information content (AvgIpc) is 1.92.